The molecule has 122 valence electrons. The molecule has 0 radical (unpaired) electrons. The Morgan fingerprint density at radius 1 is 1.22 bits per heavy atom. The summed E-state index contributed by atoms with van der Waals surface area (Å²) < 4.78 is 40.3. The second-order valence-electron chi connectivity index (χ2n) is 4.75. The maximum atomic E-state index is 13.0. The highest BCUT2D eigenvalue weighted by Crippen LogP contribution is 2.27. The molecule has 0 saturated heterocycles. The average molecular weight is 449 g/mol. The molecule has 0 saturated carbocycles. The number of hydrogen-bond acceptors (Lipinski definition) is 3. The van der Waals surface area contributed by atoms with Crippen molar-refractivity contribution in [1.29, 1.82) is 0 Å². The molecule has 0 amide bonds. The van der Waals surface area contributed by atoms with Crippen molar-refractivity contribution in [3.63, 3.8) is 0 Å². The molecule has 8 heteroatoms. The number of benzene rings is 2. The number of anilines is 1. The van der Waals surface area contributed by atoms with E-state index in [9.17, 15) is 22.7 Å². The zero-order valence-electron chi connectivity index (χ0n) is 12.0. The van der Waals surface area contributed by atoms with Gasteiger partial charge in [-0.15, -0.1) is 0 Å². The number of aliphatic carboxylic acids is 1. The Labute approximate surface area is 146 Å². The number of nitrogens with zero attached hydrogens (tertiary/aromatic N) is 1. The maximum absolute atomic E-state index is 13.0. The van der Waals surface area contributed by atoms with Crippen LogP contribution < -0.4 is 4.31 Å². The Morgan fingerprint density at radius 3 is 2.35 bits per heavy atom. The molecule has 0 aliphatic rings. The molecule has 0 heterocycles. The highest BCUT2D eigenvalue weighted by atomic mass is 127. The van der Waals surface area contributed by atoms with Gasteiger partial charge in [-0.05, 0) is 72.0 Å². The van der Waals surface area contributed by atoms with E-state index in [1.807, 2.05) is 22.6 Å². The van der Waals surface area contributed by atoms with Crippen LogP contribution in [0.3, 0.4) is 0 Å². The SMILES string of the molecule is CC(C(=O)O)N(c1cccc(I)c1)S(=O)(=O)c1ccc(F)cc1. The molecule has 0 spiro atoms. The van der Waals surface area contributed by atoms with Crippen molar-refractivity contribution >= 4 is 44.3 Å². The molecule has 2 aromatic rings. The first kappa shape index (κ1) is 17.7. The van der Waals surface area contributed by atoms with Gasteiger partial charge >= 0.3 is 5.97 Å². The molecule has 0 aromatic heterocycles. The summed E-state index contributed by atoms with van der Waals surface area (Å²) in [7, 11) is -4.15. The fraction of sp³-hybridized carbons (Fsp3) is 0.133. The van der Waals surface area contributed by atoms with Crippen LogP contribution in [0.2, 0.25) is 0 Å². The quantitative estimate of drug-likeness (QED) is 0.713. The van der Waals surface area contributed by atoms with Gasteiger partial charge in [0.1, 0.15) is 11.9 Å². The third-order valence-electron chi connectivity index (χ3n) is 3.14. The van der Waals surface area contributed by atoms with E-state index < -0.39 is 27.9 Å². The van der Waals surface area contributed by atoms with Gasteiger partial charge in [0.2, 0.25) is 0 Å². The summed E-state index contributed by atoms with van der Waals surface area (Å²) in [5.41, 5.74) is 0.233. The summed E-state index contributed by atoms with van der Waals surface area (Å²) in [5, 5.41) is 9.27. The summed E-state index contributed by atoms with van der Waals surface area (Å²) in [6.45, 7) is 1.28. The van der Waals surface area contributed by atoms with Crippen LogP contribution in [0.1, 0.15) is 6.92 Å². The first-order valence-corrected chi connectivity index (χ1v) is 9.04. The Bertz CT molecular complexity index is 824. The van der Waals surface area contributed by atoms with Crippen LogP contribution in [0.5, 0.6) is 0 Å². The third-order valence-corrected chi connectivity index (χ3v) is 5.73. The largest absolute Gasteiger partial charge is 0.480 e. The number of carboxylic acids is 1. The summed E-state index contributed by atoms with van der Waals surface area (Å²) in [6, 6.07) is 9.43. The number of rotatable bonds is 5. The highest BCUT2D eigenvalue weighted by molar-refractivity contribution is 14.1. The van der Waals surface area contributed by atoms with Crippen LogP contribution >= 0.6 is 22.6 Å². The lowest BCUT2D eigenvalue weighted by Crippen LogP contribution is -2.43. The summed E-state index contributed by atoms with van der Waals surface area (Å²) >= 11 is 2.01. The van der Waals surface area contributed by atoms with Crippen LogP contribution in [0.15, 0.2) is 53.4 Å². The molecular formula is C15H13FINO4S. The molecule has 2 rings (SSSR count). The minimum atomic E-state index is -4.15. The molecule has 0 bridgehead atoms. The molecule has 2 aromatic carbocycles. The predicted octanol–water partition coefficient (Wildman–Crippen LogP) is 3.10. The minimum Gasteiger partial charge on any atom is -0.480 e. The number of carbonyl (C=O) groups is 1. The number of hydrogen-bond donors (Lipinski definition) is 1. The minimum absolute atomic E-state index is 0.175. The second kappa shape index (κ2) is 6.83. The standard InChI is InChI=1S/C15H13FINO4S/c1-10(15(19)20)18(13-4-2-3-12(17)9-13)23(21,22)14-7-5-11(16)6-8-14/h2-10H,1H3,(H,19,20). The smallest absolute Gasteiger partial charge is 0.327 e. The van der Waals surface area contributed by atoms with Crippen LogP contribution in [0.25, 0.3) is 0 Å². The van der Waals surface area contributed by atoms with Crippen LogP contribution in [-0.4, -0.2) is 25.5 Å². The number of carboxylic acid groups (broad SMARTS) is 1. The van der Waals surface area contributed by atoms with Crippen LogP contribution in [-0.2, 0) is 14.8 Å². The molecule has 1 N–H and O–H groups in total. The van der Waals surface area contributed by atoms with E-state index in [2.05, 4.69) is 0 Å². The van der Waals surface area contributed by atoms with Crippen molar-refractivity contribution in [2.45, 2.75) is 17.9 Å². The highest BCUT2D eigenvalue weighted by Gasteiger charge is 2.33. The van der Waals surface area contributed by atoms with Gasteiger partial charge < -0.3 is 5.11 Å². The molecular weight excluding hydrogens is 436 g/mol. The summed E-state index contributed by atoms with van der Waals surface area (Å²) in [6.07, 6.45) is 0. The van der Waals surface area contributed by atoms with E-state index >= 15 is 0 Å². The molecule has 23 heavy (non-hydrogen) atoms. The Kier molecular flexibility index (Phi) is 5.25. The fourth-order valence-corrected chi connectivity index (χ4v) is 4.14. The monoisotopic (exact) mass is 449 g/mol. The second-order valence-corrected chi connectivity index (χ2v) is 7.81. The van der Waals surface area contributed by atoms with E-state index in [-0.39, 0.29) is 10.6 Å². The first-order chi connectivity index (χ1) is 10.7. The van der Waals surface area contributed by atoms with Crippen LogP contribution in [0, 0.1) is 9.39 Å². The van der Waals surface area contributed by atoms with Crippen molar-refractivity contribution in [3.8, 4) is 0 Å². The predicted molar refractivity (Wildman–Crippen MR) is 92.3 cm³/mol. The lowest BCUT2D eigenvalue weighted by atomic mass is 10.2. The maximum Gasteiger partial charge on any atom is 0.327 e. The molecule has 1 unspecified atom stereocenters. The van der Waals surface area contributed by atoms with Gasteiger partial charge in [0.05, 0.1) is 10.6 Å². The molecule has 0 aliphatic heterocycles. The zero-order valence-corrected chi connectivity index (χ0v) is 15.0. The summed E-state index contributed by atoms with van der Waals surface area (Å²) in [4.78, 5) is 11.2. The lowest BCUT2D eigenvalue weighted by Gasteiger charge is -2.28. The van der Waals surface area contributed by atoms with Gasteiger partial charge in [-0.3, -0.25) is 4.31 Å². The van der Waals surface area contributed by atoms with E-state index in [4.69, 9.17) is 0 Å². The lowest BCUT2D eigenvalue weighted by molar-refractivity contribution is -0.137. The van der Waals surface area contributed by atoms with E-state index in [1.54, 1.807) is 18.2 Å². The topological polar surface area (TPSA) is 74.7 Å². The van der Waals surface area contributed by atoms with Gasteiger partial charge in [-0.1, -0.05) is 6.07 Å². The molecule has 0 aliphatic carbocycles. The Hall–Kier alpha value is -1.68. The number of sulfonamides is 1. The Morgan fingerprint density at radius 2 is 1.83 bits per heavy atom. The third kappa shape index (κ3) is 3.81. The molecule has 1 atom stereocenters. The van der Waals surface area contributed by atoms with Crippen molar-refractivity contribution in [2.24, 2.45) is 0 Å². The summed E-state index contributed by atoms with van der Waals surface area (Å²) in [5.74, 6) is -1.86. The van der Waals surface area contributed by atoms with Gasteiger partial charge in [0, 0.05) is 3.57 Å². The van der Waals surface area contributed by atoms with Crippen molar-refractivity contribution in [2.75, 3.05) is 4.31 Å². The average Bonchev–Trinajstić information content (AvgIpc) is 2.47. The van der Waals surface area contributed by atoms with Gasteiger partial charge in [-0.2, -0.15) is 0 Å². The van der Waals surface area contributed by atoms with E-state index in [0.717, 1.165) is 32.1 Å². The zero-order chi connectivity index (χ0) is 17.2. The number of halogens is 2. The van der Waals surface area contributed by atoms with Crippen LogP contribution in [0.4, 0.5) is 10.1 Å². The van der Waals surface area contributed by atoms with Gasteiger partial charge in [-0.25, -0.2) is 17.6 Å². The normalized spacial score (nSPS) is 12.7. The first-order valence-electron chi connectivity index (χ1n) is 6.52. The van der Waals surface area contributed by atoms with Gasteiger partial charge in [0.15, 0.2) is 0 Å². The van der Waals surface area contributed by atoms with Crippen molar-refractivity contribution in [1.82, 2.24) is 0 Å². The fourth-order valence-electron chi connectivity index (χ4n) is 2.00. The van der Waals surface area contributed by atoms with E-state index in [0.29, 0.717) is 0 Å². The van der Waals surface area contributed by atoms with Gasteiger partial charge in [0.25, 0.3) is 10.0 Å². The Balaban J connectivity index is 2.61. The molecule has 5 nitrogen and oxygen atoms in total. The molecule has 0 fully saturated rings. The van der Waals surface area contributed by atoms with Crippen molar-refractivity contribution < 1.29 is 22.7 Å². The van der Waals surface area contributed by atoms with Crippen molar-refractivity contribution in [3.05, 3.63) is 57.9 Å². The van der Waals surface area contributed by atoms with E-state index in [1.165, 1.54) is 13.0 Å².